The first-order chi connectivity index (χ1) is 7.24. The molecule has 0 radical (unpaired) electrons. The van der Waals surface area contributed by atoms with Gasteiger partial charge in [0.15, 0.2) is 0 Å². The molecule has 0 bridgehead atoms. The van der Waals surface area contributed by atoms with E-state index in [9.17, 15) is 4.79 Å². The fourth-order valence-electron chi connectivity index (χ4n) is 1.59. The molecule has 0 spiro atoms. The molecule has 0 N–H and O–H groups in total. The Hall–Kier alpha value is -1.03. The number of halogens is 1. The van der Waals surface area contributed by atoms with Crippen LogP contribution in [0.4, 0.5) is 0 Å². The van der Waals surface area contributed by atoms with E-state index in [4.69, 9.17) is 16.1 Å². The summed E-state index contributed by atoms with van der Waals surface area (Å²) in [7, 11) is 0. The highest BCUT2D eigenvalue weighted by Crippen LogP contribution is 2.28. The number of amides is 1. The molecule has 4 nitrogen and oxygen atoms in total. The van der Waals surface area contributed by atoms with Crippen molar-refractivity contribution in [3.8, 4) is 0 Å². The van der Waals surface area contributed by atoms with Crippen LogP contribution in [0.5, 0.6) is 0 Å². The fraction of sp³-hybridized carbons (Fsp3) is 0.600. The standard InChI is InChI=1S/C10H13ClN2O2/c1-7-9(6-12-15-7)10(14)13(5-4-11)8-2-3-8/h6,8H,2-5H2,1H3. The molecule has 0 aromatic carbocycles. The highest BCUT2D eigenvalue weighted by atomic mass is 35.5. The van der Waals surface area contributed by atoms with Gasteiger partial charge in [-0.3, -0.25) is 4.79 Å². The maximum absolute atomic E-state index is 12.1. The second kappa shape index (κ2) is 4.23. The van der Waals surface area contributed by atoms with E-state index in [0.717, 1.165) is 12.8 Å². The summed E-state index contributed by atoms with van der Waals surface area (Å²) in [5.74, 6) is 1.02. The summed E-state index contributed by atoms with van der Waals surface area (Å²) in [6, 6.07) is 0.366. The van der Waals surface area contributed by atoms with Crippen LogP contribution < -0.4 is 0 Å². The summed E-state index contributed by atoms with van der Waals surface area (Å²) in [4.78, 5) is 13.9. The van der Waals surface area contributed by atoms with E-state index in [1.165, 1.54) is 6.20 Å². The lowest BCUT2D eigenvalue weighted by atomic mass is 10.2. The van der Waals surface area contributed by atoms with Crippen molar-refractivity contribution in [2.75, 3.05) is 12.4 Å². The number of aryl methyl sites for hydroxylation is 1. The van der Waals surface area contributed by atoms with Gasteiger partial charge in [-0.15, -0.1) is 11.6 Å². The Morgan fingerprint density at radius 3 is 2.93 bits per heavy atom. The average Bonchev–Trinajstić information content (AvgIpc) is 2.97. The van der Waals surface area contributed by atoms with E-state index >= 15 is 0 Å². The lowest BCUT2D eigenvalue weighted by Gasteiger charge is -2.20. The molecule has 1 aromatic heterocycles. The summed E-state index contributed by atoms with van der Waals surface area (Å²) < 4.78 is 4.88. The fourth-order valence-corrected chi connectivity index (χ4v) is 1.77. The Bertz CT molecular complexity index is 360. The van der Waals surface area contributed by atoms with Crippen LogP contribution >= 0.6 is 11.6 Å². The predicted molar refractivity (Wildman–Crippen MR) is 56.0 cm³/mol. The van der Waals surface area contributed by atoms with E-state index in [-0.39, 0.29) is 5.91 Å². The molecule has 1 fully saturated rings. The van der Waals surface area contributed by atoms with Crippen molar-refractivity contribution >= 4 is 17.5 Å². The van der Waals surface area contributed by atoms with Crippen molar-refractivity contribution in [2.24, 2.45) is 0 Å². The minimum atomic E-state index is -0.0168. The van der Waals surface area contributed by atoms with Gasteiger partial charge in [0.25, 0.3) is 5.91 Å². The summed E-state index contributed by atoms with van der Waals surface area (Å²) in [6.07, 6.45) is 3.63. The number of nitrogens with zero attached hydrogens (tertiary/aromatic N) is 2. The molecule has 1 aliphatic carbocycles. The maximum atomic E-state index is 12.1. The summed E-state index contributed by atoms with van der Waals surface area (Å²) in [6.45, 7) is 2.34. The van der Waals surface area contributed by atoms with Crippen LogP contribution in [0.25, 0.3) is 0 Å². The van der Waals surface area contributed by atoms with E-state index in [1.54, 1.807) is 6.92 Å². The molecule has 1 aromatic rings. The van der Waals surface area contributed by atoms with Gasteiger partial charge in [0.05, 0.1) is 6.20 Å². The molecule has 82 valence electrons. The third kappa shape index (κ3) is 2.15. The van der Waals surface area contributed by atoms with Crippen LogP contribution in [0.3, 0.4) is 0 Å². The van der Waals surface area contributed by atoms with Crippen LogP contribution in [-0.4, -0.2) is 34.4 Å². The minimum Gasteiger partial charge on any atom is -0.361 e. The highest BCUT2D eigenvalue weighted by Gasteiger charge is 2.33. The van der Waals surface area contributed by atoms with E-state index < -0.39 is 0 Å². The maximum Gasteiger partial charge on any atom is 0.259 e. The average molecular weight is 229 g/mol. The van der Waals surface area contributed by atoms with Gasteiger partial charge in [-0.05, 0) is 19.8 Å². The van der Waals surface area contributed by atoms with Crippen LogP contribution in [0.2, 0.25) is 0 Å². The monoisotopic (exact) mass is 228 g/mol. The second-order valence-electron chi connectivity index (χ2n) is 3.71. The number of alkyl halides is 1. The van der Waals surface area contributed by atoms with Crippen LogP contribution in [-0.2, 0) is 0 Å². The Balaban J connectivity index is 2.14. The number of carbonyl (C=O) groups excluding carboxylic acids is 1. The molecule has 2 rings (SSSR count). The highest BCUT2D eigenvalue weighted by molar-refractivity contribution is 6.18. The molecule has 0 saturated heterocycles. The first kappa shape index (κ1) is 10.5. The molecule has 0 aliphatic heterocycles. The van der Waals surface area contributed by atoms with Gasteiger partial charge in [-0.25, -0.2) is 0 Å². The Morgan fingerprint density at radius 1 is 1.73 bits per heavy atom. The molecule has 1 saturated carbocycles. The largest absolute Gasteiger partial charge is 0.361 e. The molecule has 1 heterocycles. The van der Waals surface area contributed by atoms with Crippen LogP contribution in [0.1, 0.15) is 29.0 Å². The van der Waals surface area contributed by atoms with Gasteiger partial charge in [0.2, 0.25) is 0 Å². The second-order valence-corrected chi connectivity index (χ2v) is 4.09. The van der Waals surface area contributed by atoms with Gasteiger partial charge in [-0.1, -0.05) is 5.16 Å². The SMILES string of the molecule is Cc1oncc1C(=O)N(CCCl)C1CC1. The van der Waals surface area contributed by atoms with Crippen LogP contribution in [0, 0.1) is 6.92 Å². The zero-order valence-electron chi connectivity index (χ0n) is 8.57. The Morgan fingerprint density at radius 2 is 2.47 bits per heavy atom. The number of carbonyl (C=O) groups is 1. The number of rotatable bonds is 4. The van der Waals surface area contributed by atoms with E-state index in [2.05, 4.69) is 5.16 Å². The van der Waals surface area contributed by atoms with Gasteiger partial charge in [0, 0.05) is 18.5 Å². The van der Waals surface area contributed by atoms with Gasteiger partial charge in [-0.2, -0.15) is 0 Å². The third-order valence-corrected chi connectivity index (χ3v) is 2.72. The van der Waals surface area contributed by atoms with Crippen molar-refractivity contribution in [3.05, 3.63) is 17.5 Å². The number of hydrogen-bond acceptors (Lipinski definition) is 3. The predicted octanol–water partition coefficient (Wildman–Crippen LogP) is 1.83. The summed E-state index contributed by atoms with van der Waals surface area (Å²) >= 11 is 5.68. The summed E-state index contributed by atoms with van der Waals surface area (Å²) in [5.41, 5.74) is 0.548. The van der Waals surface area contributed by atoms with Gasteiger partial charge in [0.1, 0.15) is 11.3 Å². The lowest BCUT2D eigenvalue weighted by Crippen LogP contribution is -2.34. The Labute approximate surface area is 93.2 Å². The molecule has 1 aliphatic rings. The smallest absolute Gasteiger partial charge is 0.259 e. The zero-order chi connectivity index (χ0) is 10.8. The van der Waals surface area contributed by atoms with Gasteiger partial charge >= 0.3 is 0 Å². The topological polar surface area (TPSA) is 46.3 Å². The molecular weight excluding hydrogens is 216 g/mol. The van der Waals surface area contributed by atoms with Crippen LogP contribution in [0.15, 0.2) is 10.7 Å². The van der Waals surface area contributed by atoms with Crippen molar-refractivity contribution in [1.82, 2.24) is 10.1 Å². The Kier molecular flexibility index (Phi) is 2.95. The van der Waals surface area contributed by atoms with Gasteiger partial charge < -0.3 is 9.42 Å². The first-order valence-corrected chi connectivity index (χ1v) is 5.55. The quantitative estimate of drug-likeness (QED) is 0.739. The third-order valence-electron chi connectivity index (χ3n) is 2.56. The number of aromatic nitrogens is 1. The zero-order valence-corrected chi connectivity index (χ0v) is 9.33. The molecule has 1 amide bonds. The minimum absolute atomic E-state index is 0.0168. The molecule has 0 unspecified atom stereocenters. The molecule has 15 heavy (non-hydrogen) atoms. The molecule has 5 heteroatoms. The lowest BCUT2D eigenvalue weighted by molar-refractivity contribution is 0.0752. The summed E-state index contributed by atoms with van der Waals surface area (Å²) in [5, 5.41) is 3.61. The van der Waals surface area contributed by atoms with Crippen molar-refractivity contribution in [2.45, 2.75) is 25.8 Å². The molecule has 0 atom stereocenters. The normalized spacial score (nSPS) is 15.3. The number of hydrogen-bond donors (Lipinski definition) is 0. The molecular formula is C10H13ClN2O2. The first-order valence-electron chi connectivity index (χ1n) is 5.02. The van der Waals surface area contributed by atoms with Crippen molar-refractivity contribution in [3.63, 3.8) is 0 Å². The van der Waals surface area contributed by atoms with E-state index in [0.29, 0.717) is 29.8 Å². The van der Waals surface area contributed by atoms with Crippen molar-refractivity contribution < 1.29 is 9.32 Å². The van der Waals surface area contributed by atoms with E-state index in [1.807, 2.05) is 4.90 Å². The van der Waals surface area contributed by atoms with Crippen molar-refractivity contribution in [1.29, 1.82) is 0 Å².